The molecule has 2 atom stereocenters. The summed E-state index contributed by atoms with van der Waals surface area (Å²) in [5.74, 6) is -0.160. The third-order valence-corrected chi connectivity index (χ3v) is 4.25. The van der Waals surface area contributed by atoms with Crippen LogP contribution < -0.4 is 5.73 Å². The van der Waals surface area contributed by atoms with Crippen LogP contribution in [0.1, 0.15) is 18.5 Å². The van der Waals surface area contributed by atoms with Gasteiger partial charge in [-0.15, -0.1) is 0 Å². The smallest absolute Gasteiger partial charge is 0.148 e. The average molecular weight is 302 g/mol. The predicted octanol–water partition coefficient (Wildman–Crippen LogP) is 1.44. The molecule has 0 aromatic heterocycles. The van der Waals surface area contributed by atoms with Crippen molar-refractivity contribution in [2.24, 2.45) is 11.7 Å². The summed E-state index contributed by atoms with van der Waals surface area (Å²) < 4.78 is 35.9. The molecule has 114 valence electrons. The quantitative estimate of drug-likeness (QED) is 0.828. The lowest BCUT2D eigenvalue weighted by Gasteiger charge is -2.26. The fourth-order valence-corrected chi connectivity index (χ4v) is 2.71. The standard InChI is InChI=1S/C14H23FN2O2S/c1-11(10-17(2)8-9-20(3,18)19)14(16)12-6-4-5-7-13(12)15/h4-7,11,14H,8-10,16H2,1-3H3. The molecule has 0 aliphatic heterocycles. The van der Waals surface area contributed by atoms with Gasteiger partial charge in [0.25, 0.3) is 0 Å². The molecular formula is C14H23FN2O2S. The first-order valence-electron chi connectivity index (χ1n) is 6.57. The zero-order valence-electron chi connectivity index (χ0n) is 12.2. The number of sulfone groups is 1. The van der Waals surface area contributed by atoms with Gasteiger partial charge in [-0.3, -0.25) is 0 Å². The van der Waals surface area contributed by atoms with Gasteiger partial charge < -0.3 is 10.6 Å². The SMILES string of the molecule is CC(CN(C)CCS(C)(=O)=O)C(N)c1ccccc1F. The summed E-state index contributed by atoms with van der Waals surface area (Å²) in [6, 6.07) is 6.08. The molecule has 0 aliphatic rings. The van der Waals surface area contributed by atoms with Crippen molar-refractivity contribution in [3.8, 4) is 0 Å². The second-order valence-electron chi connectivity index (χ2n) is 5.42. The van der Waals surface area contributed by atoms with Gasteiger partial charge in [-0.05, 0) is 19.0 Å². The normalized spacial score (nSPS) is 15.3. The van der Waals surface area contributed by atoms with E-state index in [2.05, 4.69) is 0 Å². The van der Waals surface area contributed by atoms with Crippen LogP contribution in [0, 0.1) is 11.7 Å². The molecule has 0 spiro atoms. The van der Waals surface area contributed by atoms with Crippen molar-refractivity contribution in [3.05, 3.63) is 35.6 Å². The van der Waals surface area contributed by atoms with Gasteiger partial charge >= 0.3 is 0 Å². The first-order chi connectivity index (χ1) is 9.20. The fraction of sp³-hybridized carbons (Fsp3) is 0.571. The highest BCUT2D eigenvalue weighted by atomic mass is 32.2. The van der Waals surface area contributed by atoms with Crippen molar-refractivity contribution in [2.75, 3.05) is 32.1 Å². The Morgan fingerprint density at radius 2 is 1.95 bits per heavy atom. The maximum absolute atomic E-state index is 13.7. The Morgan fingerprint density at radius 3 is 2.50 bits per heavy atom. The molecule has 1 aromatic carbocycles. The van der Waals surface area contributed by atoms with Gasteiger partial charge in [0.05, 0.1) is 5.75 Å². The topological polar surface area (TPSA) is 63.4 Å². The lowest BCUT2D eigenvalue weighted by molar-refractivity contribution is 0.274. The molecular weight excluding hydrogens is 279 g/mol. The van der Waals surface area contributed by atoms with Crippen LogP contribution in [-0.2, 0) is 9.84 Å². The summed E-state index contributed by atoms with van der Waals surface area (Å²) in [5, 5.41) is 0. The molecule has 6 heteroatoms. The molecule has 0 amide bonds. The maximum atomic E-state index is 13.7. The molecule has 0 saturated carbocycles. The third kappa shape index (κ3) is 5.56. The largest absolute Gasteiger partial charge is 0.324 e. The lowest BCUT2D eigenvalue weighted by Crippen LogP contribution is -2.34. The van der Waals surface area contributed by atoms with Crippen molar-refractivity contribution in [3.63, 3.8) is 0 Å². The van der Waals surface area contributed by atoms with Crippen LogP contribution in [0.15, 0.2) is 24.3 Å². The number of benzene rings is 1. The van der Waals surface area contributed by atoms with Gasteiger partial charge in [0, 0.05) is 31.0 Å². The van der Waals surface area contributed by atoms with Crippen molar-refractivity contribution in [2.45, 2.75) is 13.0 Å². The Labute approximate surface area is 120 Å². The minimum Gasteiger partial charge on any atom is -0.324 e. The number of nitrogens with two attached hydrogens (primary N) is 1. The molecule has 1 aromatic rings. The first kappa shape index (κ1) is 17.1. The van der Waals surface area contributed by atoms with Crippen LogP contribution in [0.2, 0.25) is 0 Å². The van der Waals surface area contributed by atoms with E-state index in [1.807, 2.05) is 18.9 Å². The Bertz CT molecular complexity index is 534. The molecule has 4 nitrogen and oxygen atoms in total. The molecule has 0 saturated heterocycles. The Morgan fingerprint density at radius 1 is 1.35 bits per heavy atom. The third-order valence-electron chi connectivity index (χ3n) is 3.32. The molecule has 1 rings (SSSR count). The van der Waals surface area contributed by atoms with Gasteiger partial charge in [-0.2, -0.15) is 0 Å². The molecule has 0 radical (unpaired) electrons. The van der Waals surface area contributed by atoms with E-state index in [-0.39, 0.29) is 17.5 Å². The van der Waals surface area contributed by atoms with Gasteiger partial charge in [-0.1, -0.05) is 25.1 Å². The molecule has 0 fully saturated rings. The first-order valence-corrected chi connectivity index (χ1v) is 8.63. The summed E-state index contributed by atoms with van der Waals surface area (Å²) in [7, 11) is -1.12. The predicted molar refractivity (Wildman–Crippen MR) is 79.7 cm³/mol. The van der Waals surface area contributed by atoms with E-state index >= 15 is 0 Å². The molecule has 0 bridgehead atoms. The van der Waals surface area contributed by atoms with Crippen LogP contribution >= 0.6 is 0 Å². The zero-order valence-corrected chi connectivity index (χ0v) is 13.0. The minimum atomic E-state index is -2.97. The van der Waals surface area contributed by atoms with Crippen molar-refractivity contribution < 1.29 is 12.8 Å². The second kappa shape index (κ2) is 7.15. The molecule has 20 heavy (non-hydrogen) atoms. The molecule has 0 heterocycles. The van der Waals surface area contributed by atoms with Crippen LogP contribution in [0.4, 0.5) is 4.39 Å². The highest BCUT2D eigenvalue weighted by Crippen LogP contribution is 2.22. The van der Waals surface area contributed by atoms with Gasteiger partial charge in [0.15, 0.2) is 0 Å². The second-order valence-corrected chi connectivity index (χ2v) is 7.68. The van der Waals surface area contributed by atoms with E-state index in [1.165, 1.54) is 12.3 Å². The van der Waals surface area contributed by atoms with Crippen LogP contribution in [0.5, 0.6) is 0 Å². The summed E-state index contributed by atoms with van der Waals surface area (Å²) >= 11 is 0. The fourth-order valence-electron chi connectivity index (χ4n) is 2.07. The highest BCUT2D eigenvalue weighted by Gasteiger charge is 2.19. The maximum Gasteiger partial charge on any atom is 0.148 e. The molecule has 2 unspecified atom stereocenters. The van der Waals surface area contributed by atoms with E-state index in [9.17, 15) is 12.8 Å². The Hall–Kier alpha value is -0.980. The van der Waals surface area contributed by atoms with Crippen molar-refractivity contribution >= 4 is 9.84 Å². The average Bonchev–Trinajstić information content (AvgIpc) is 2.35. The van der Waals surface area contributed by atoms with Gasteiger partial charge in [0.2, 0.25) is 0 Å². The number of hydrogen-bond acceptors (Lipinski definition) is 4. The number of halogens is 1. The lowest BCUT2D eigenvalue weighted by atomic mass is 9.94. The summed E-state index contributed by atoms with van der Waals surface area (Å²) in [6.45, 7) is 3.01. The van der Waals surface area contributed by atoms with Crippen molar-refractivity contribution in [1.29, 1.82) is 0 Å². The summed E-state index contributed by atoms with van der Waals surface area (Å²) in [6.07, 6.45) is 1.22. The van der Waals surface area contributed by atoms with Crippen LogP contribution in [-0.4, -0.2) is 45.5 Å². The number of rotatable bonds is 7. The van der Waals surface area contributed by atoms with Crippen LogP contribution in [0.25, 0.3) is 0 Å². The highest BCUT2D eigenvalue weighted by molar-refractivity contribution is 7.90. The van der Waals surface area contributed by atoms with E-state index in [1.54, 1.807) is 18.2 Å². The van der Waals surface area contributed by atoms with Crippen molar-refractivity contribution in [1.82, 2.24) is 4.90 Å². The zero-order chi connectivity index (χ0) is 15.3. The van der Waals surface area contributed by atoms with E-state index in [0.717, 1.165) is 0 Å². The van der Waals surface area contributed by atoms with Gasteiger partial charge in [-0.25, -0.2) is 12.8 Å². The minimum absolute atomic E-state index is 0.0245. The Balaban J connectivity index is 2.58. The number of hydrogen-bond donors (Lipinski definition) is 1. The number of nitrogens with zero attached hydrogens (tertiary/aromatic N) is 1. The van der Waals surface area contributed by atoms with E-state index in [4.69, 9.17) is 5.73 Å². The monoisotopic (exact) mass is 302 g/mol. The van der Waals surface area contributed by atoms with Gasteiger partial charge in [0.1, 0.15) is 15.7 Å². The van der Waals surface area contributed by atoms with E-state index < -0.39 is 15.9 Å². The molecule has 2 N–H and O–H groups in total. The molecule has 0 aliphatic carbocycles. The summed E-state index contributed by atoms with van der Waals surface area (Å²) in [5.41, 5.74) is 6.58. The summed E-state index contributed by atoms with van der Waals surface area (Å²) in [4.78, 5) is 1.91. The van der Waals surface area contributed by atoms with Crippen LogP contribution in [0.3, 0.4) is 0 Å². The Kier molecular flexibility index (Phi) is 6.10. The van der Waals surface area contributed by atoms with E-state index in [0.29, 0.717) is 18.7 Å².